The molecule has 0 aliphatic heterocycles. The molecule has 1 aromatic heterocycles. The number of nitrogens with zero attached hydrogens (tertiary/aromatic N) is 1. The van der Waals surface area contributed by atoms with Crippen LogP contribution in [0.15, 0.2) is 12.1 Å². The van der Waals surface area contributed by atoms with Gasteiger partial charge in [-0.15, -0.1) is 0 Å². The van der Waals surface area contributed by atoms with Gasteiger partial charge >= 0.3 is 0 Å². The van der Waals surface area contributed by atoms with Gasteiger partial charge in [-0.2, -0.15) is 0 Å². The first-order chi connectivity index (χ1) is 8.18. The average molecular weight is 267 g/mol. The van der Waals surface area contributed by atoms with Crippen molar-refractivity contribution in [1.82, 2.24) is 4.98 Å². The van der Waals surface area contributed by atoms with E-state index < -0.39 is 0 Å². The van der Waals surface area contributed by atoms with Gasteiger partial charge in [-0.3, -0.25) is 4.98 Å². The summed E-state index contributed by atoms with van der Waals surface area (Å²) < 4.78 is 0. The Balaban J connectivity index is 2.40. The summed E-state index contributed by atoms with van der Waals surface area (Å²) in [6.07, 6.45) is 4.36. The van der Waals surface area contributed by atoms with Gasteiger partial charge in [-0.1, -0.05) is 23.2 Å². The number of nitrogens with two attached hydrogens (primary N) is 1. The Hall–Kier alpha value is -0.990. The largest absolute Gasteiger partial charge is 0.398 e. The number of anilines is 1. The third kappa shape index (κ3) is 1.67. The monoisotopic (exact) mass is 266 g/mol. The highest BCUT2D eigenvalue weighted by atomic mass is 35.5. The van der Waals surface area contributed by atoms with Crippen LogP contribution in [0.5, 0.6) is 0 Å². The maximum atomic E-state index is 6.22. The van der Waals surface area contributed by atoms with Gasteiger partial charge < -0.3 is 5.73 Å². The molecule has 0 saturated carbocycles. The number of aryl methyl sites for hydroxylation is 1. The molecule has 0 spiro atoms. The molecular weight excluding hydrogens is 255 g/mol. The van der Waals surface area contributed by atoms with Crippen LogP contribution in [0.3, 0.4) is 0 Å². The second-order valence-corrected chi connectivity index (χ2v) is 5.20. The van der Waals surface area contributed by atoms with E-state index in [9.17, 15) is 0 Å². The van der Waals surface area contributed by atoms with E-state index in [0.29, 0.717) is 10.0 Å². The van der Waals surface area contributed by atoms with E-state index in [-0.39, 0.29) is 0 Å². The lowest BCUT2D eigenvalue weighted by molar-refractivity contribution is 0.673. The molecule has 88 valence electrons. The third-order valence-electron chi connectivity index (χ3n) is 3.37. The van der Waals surface area contributed by atoms with E-state index in [1.807, 2.05) is 6.07 Å². The molecule has 2 aromatic rings. The van der Waals surface area contributed by atoms with Crippen LogP contribution in [0, 0.1) is 0 Å². The van der Waals surface area contributed by atoms with Gasteiger partial charge in [-0.05, 0) is 43.4 Å². The van der Waals surface area contributed by atoms with Crippen LogP contribution in [0.1, 0.15) is 24.1 Å². The second-order valence-electron chi connectivity index (χ2n) is 4.42. The van der Waals surface area contributed by atoms with E-state index in [1.165, 1.54) is 18.4 Å². The number of fused-ring (bicyclic) bond motifs is 2. The predicted octanol–water partition coefficient (Wildman–Crippen LogP) is 4.00. The smallest absolute Gasteiger partial charge is 0.0927 e. The van der Waals surface area contributed by atoms with Gasteiger partial charge in [-0.25, -0.2) is 0 Å². The van der Waals surface area contributed by atoms with E-state index in [2.05, 4.69) is 4.98 Å². The van der Waals surface area contributed by atoms with Crippen LogP contribution in [0.25, 0.3) is 10.9 Å². The van der Waals surface area contributed by atoms with Crippen LogP contribution in [-0.2, 0) is 12.8 Å². The molecule has 3 rings (SSSR count). The fraction of sp³-hybridized carbons (Fsp3) is 0.308. The summed E-state index contributed by atoms with van der Waals surface area (Å²) in [7, 11) is 0. The zero-order chi connectivity index (χ0) is 12.0. The molecule has 2 N–H and O–H groups in total. The van der Waals surface area contributed by atoms with Crippen molar-refractivity contribution >= 4 is 39.8 Å². The van der Waals surface area contributed by atoms with Gasteiger partial charge in [0, 0.05) is 16.8 Å². The maximum absolute atomic E-state index is 6.22. The van der Waals surface area contributed by atoms with Gasteiger partial charge in [0.15, 0.2) is 0 Å². The van der Waals surface area contributed by atoms with Crippen LogP contribution in [0.4, 0.5) is 5.69 Å². The average Bonchev–Trinajstić information content (AvgIpc) is 2.35. The molecule has 4 heteroatoms. The quantitative estimate of drug-likeness (QED) is 0.783. The Bertz CT molecular complexity index is 608. The number of hydrogen-bond acceptors (Lipinski definition) is 2. The molecule has 0 saturated heterocycles. The van der Waals surface area contributed by atoms with Crippen molar-refractivity contribution in [3.8, 4) is 0 Å². The van der Waals surface area contributed by atoms with Crippen molar-refractivity contribution < 1.29 is 0 Å². The van der Waals surface area contributed by atoms with Gasteiger partial charge in [0.05, 0.1) is 15.6 Å². The Morgan fingerprint density at radius 2 is 1.88 bits per heavy atom. The maximum Gasteiger partial charge on any atom is 0.0927 e. The fourth-order valence-corrected chi connectivity index (χ4v) is 2.83. The number of pyridine rings is 1. The molecule has 1 aromatic carbocycles. The Kier molecular flexibility index (Phi) is 2.64. The number of benzene rings is 1. The number of halogens is 2. The van der Waals surface area contributed by atoms with E-state index in [4.69, 9.17) is 28.9 Å². The van der Waals surface area contributed by atoms with Crippen molar-refractivity contribution in [2.45, 2.75) is 25.7 Å². The highest BCUT2D eigenvalue weighted by Crippen LogP contribution is 2.36. The SMILES string of the molecule is Nc1c2c(nc3c(Cl)c(Cl)ccc13)CCCC2. The van der Waals surface area contributed by atoms with Gasteiger partial charge in [0.25, 0.3) is 0 Å². The van der Waals surface area contributed by atoms with Crippen LogP contribution < -0.4 is 5.73 Å². The van der Waals surface area contributed by atoms with Gasteiger partial charge in [0.1, 0.15) is 0 Å². The van der Waals surface area contributed by atoms with Crippen LogP contribution in [-0.4, -0.2) is 4.98 Å². The molecule has 0 atom stereocenters. The van der Waals surface area contributed by atoms with Crippen LogP contribution >= 0.6 is 23.2 Å². The molecule has 1 aliphatic carbocycles. The van der Waals surface area contributed by atoms with E-state index in [1.54, 1.807) is 6.07 Å². The van der Waals surface area contributed by atoms with E-state index >= 15 is 0 Å². The highest BCUT2D eigenvalue weighted by Gasteiger charge is 2.18. The number of nitrogen functional groups attached to an aromatic ring is 1. The molecule has 0 bridgehead atoms. The summed E-state index contributed by atoms with van der Waals surface area (Å²) >= 11 is 12.2. The lowest BCUT2D eigenvalue weighted by atomic mass is 9.93. The highest BCUT2D eigenvalue weighted by molar-refractivity contribution is 6.45. The van der Waals surface area contributed by atoms with Crippen molar-refractivity contribution in [3.05, 3.63) is 33.4 Å². The Labute approximate surface area is 110 Å². The number of hydrogen-bond donors (Lipinski definition) is 1. The first-order valence-corrected chi connectivity index (χ1v) is 6.49. The van der Waals surface area contributed by atoms with Crippen molar-refractivity contribution in [2.75, 3.05) is 5.73 Å². The lowest BCUT2D eigenvalue weighted by Crippen LogP contribution is -2.09. The first kappa shape index (κ1) is 11.1. The Morgan fingerprint density at radius 1 is 1.12 bits per heavy atom. The van der Waals surface area contributed by atoms with Crippen molar-refractivity contribution in [2.24, 2.45) is 0 Å². The number of rotatable bonds is 0. The molecule has 17 heavy (non-hydrogen) atoms. The Morgan fingerprint density at radius 3 is 2.71 bits per heavy atom. The summed E-state index contributed by atoms with van der Waals surface area (Å²) in [6.45, 7) is 0. The lowest BCUT2D eigenvalue weighted by Gasteiger charge is -2.19. The van der Waals surface area contributed by atoms with Crippen molar-refractivity contribution in [1.29, 1.82) is 0 Å². The summed E-state index contributed by atoms with van der Waals surface area (Å²) in [5, 5.41) is 1.95. The summed E-state index contributed by atoms with van der Waals surface area (Å²) in [4.78, 5) is 4.64. The van der Waals surface area contributed by atoms with E-state index in [0.717, 1.165) is 35.1 Å². The molecule has 2 nitrogen and oxygen atoms in total. The van der Waals surface area contributed by atoms with Crippen molar-refractivity contribution in [3.63, 3.8) is 0 Å². The third-order valence-corrected chi connectivity index (χ3v) is 4.16. The molecule has 0 amide bonds. The second kappa shape index (κ2) is 4.04. The molecule has 0 fully saturated rings. The minimum Gasteiger partial charge on any atom is -0.398 e. The van der Waals surface area contributed by atoms with Gasteiger partial charge in [0.2, 0.25) is 0 Å². The summed E-state index contributed by atoms with van der Waals surface area (Å²) in [6, 6.07) is 3.68. The standard InChI is InChI=1S/C13H12Cl2N2/c14-9-6-5-8-12(16)7-3-1-2-4-10(7)17-13(8)11(9)15/h5-6H,1-4H2,(H2,16,17). The topological polar surface area (TPSA) is 38.9 Å². The molecular formula is C13H12Cl2N2. The summed E-state index contributed by atoms with van der Waals surface area (Å²) in [5.41, 5.74) is 10.1. The van der Waals surface area contributed by atoms with Crippen LogP contribution in [0.2, 0.25) is 10.0 Å². The fourth-order valence-electron chi connectivity index (χ4n) is 2.47. The minimum atomic E-state index is 0.504. The zero-order valence-corrected chi connectivity index (χ0v) is 10.8. The molecule has 1 heterocycles. The molecule has 1 aliphatic rings. The number of aromatic nitrogens is 1. The predicted molar refractivity (Wildman–Crippen MR) is 72.8 cm³/mol. The molecule has 0 unspecified atom stereocenters. The molecule has 0 radical (unpaired) electrons. The normalized spacial score (nSPS) is 14.9. The first-order valence-electron chi connectivity index (χ1n) is 5.73. The minimum absolute atomic E-state index is 0.504. The zero-order valence-electron chi connectivity index (χ0n) is 9.26. The summed E-state index contributed by atoms with van der Waals surface area (Å²) in [5.74, 6) is 0.